The number of halogens is 3. The highest BCUT2D eigenvalue weighted by atomic mass is 19.4. The van der Waals surface area contributed by atoms with Crippen molar-refractivity contribution in [1.29, 1.82) is 0 Å². The van der Waals surface area contributed by atoms with Crippen molar-refractivity contribution in [3.05, 3.63) is 30.1 Å². The Hall–Kier alpha value is -1.14. The minimum atomic E-state index is -4.35. The maximum Gasteiger partial charge on any atom is 0.404 e. The lowest BCUT2D eigenvalue weighted by Crippen LogP contribution is -2.46. The lowest BCUT2D eigenvalue weighted by Gasteiger charge is -2.23. The van der Waals surface area contributed by atoms with E-state index < -0.39 is 18.3 Å². The van der Waals surface area contributed by atoms with Gasteiger partial charge in [0.15, 0.2) is 0 Å². The highest BCUT2D eigenvalue weighted by Crippen LogP contribution is 2.23. The first-order chi connectivity index (χ1) is 9.29. The zero-order valence-corrected chi connectivity index (χ0v) is 11.7. The summed E-state index contributed by atoms with van der Waals surface area (Å²) in [5.41, 5.74) is 0.563. The van der Waals surface area contributed by atoms with Gasteiger partial charge in [0.2, 0.25) is 0 Å². The number of pyridine rings is 1. The van der Waals surface area contributed by atoms with Gasteiger partial charge in [-0.05, 0) is 36.5 Å². The van der Waals surface area contributed by atoms with Gasteiger partial charge in [-0.15, -0.1) is 0 Å². The van der Waals surface area contributed by atoms with Crippen LogP contribution in [0, 0.1) is 5.92 Å². The van der Waals surface area contributed by atoms with Crippen molar-refractivity contribution >= 4 is 0 Å². The maximum atomic E-state index is 13.0. The number of aliphatic hydroxyl groups is 1. The van der Waals surface area contributed by atoms with Crippen LogP contribution in [0.2, 0.25) is 0 Å². The molecule has 0 spiro atoms. The fraction of sp³-hybridized carbons (Fsp3) is 0.643. The monoisotopic (exact) mass is 290 g/mol. The highest BCUT2D eigenvalue weighted by Gasteiger charge is 2.39. The molecule has 3 nitrogen and oxygen atoms in total. The molecule has 1 aromatic rings. The van der Waals surface area contributed by atoms with Crippen LogP contribution in [0.4, 0.5) is 13.2 Å². The summed E-state index contributed by atoms with van der Waals surface area (Å²) in [7, 11) is 0. The number of nitrogens with zero attached hydrogens (tertiary/aromatic N) is 1. The quantitative estimate of drug-likeness (QED) is 0.811. The van der Waals surface area contributed by atoms with Gasteiger partial charge in [0, 0.05) is 18.9 Å². The van der Waals surface area contributed by atoms with Crippen molar-refractivity contribution in [3.63, 3.8) is 0 Å². The molecule has 2 unspecified atom stereocenters. The topological polar surface area (TPSA) is 45.1 Å². The van der Waals surface area contributed by atoms with Gasteiger partial charge < -0.3 is 10.4 Å². The summed E-state index contributed by atoms with van der Waals surface area (Å²) in [5, 5.41) is 12.1. The van der Waals surface area contributed by atoms with Gasteiger partial charge in [-0.1, -0.05) is 13.8 Å². The van der Waals surface area contributed by atoms with Crippen LogP contribution in [0.25, 0.3) is 0 Å². The zero-order valence-electron chi connectivity index (χ0n) is 11.7. The molecule has 2 N–H and O–H groups in total. The van der Waals surface area contributed by atoms with Crippen LogP contribution >= 0.6 is 0 Å². The lowest BCUT2D eigenvalue weighted by molar-refractivity contribution is -0.156. The van der Waals surface area contributed by atoms with Crippen LogP contribution in [0.5, 0.6) is 0 Å². The van der Waals surface area contributed by atoms with Crippen LogP contribution in [0.1, 0.15) is 25.8 Å². The summed E-state index contributed by atoms with van der Waals surface area (Å²) in [4.78, 5) is 3.78. The Morgan fingerprint density at radius 2 is 1.85 bits per heavy atom. The Morgan fingerprint density at radius 3 is 2.35 bits per heavy atom. The van der Waals surface area contributed by atoms with Crippen molar-refractivity contribution in [1.82, 2.24) is 10.3 Å². The van der Waals surface area contributed by atoms with Gasteiger partial charge in [-0.2, -0.15) is 13.2 Å². The second kappa shape index (κ2) is 7.59. The van der Waals surface area contributed by atoms with Gasteiger partial charge in [0.1, 0.15) is 6.04 Å². The molecule has 0 aromatic carbocycles. The van der Waals surface area contributed by atoms with Crippen LogP contribution in [0.3, 0.4) is 0 Å². The van der Waals surface area contributed by atoms with Crippen molar-refractivity contribution < 1.29 is 18.3 Å². The average Bonchev–Trinajstić information content (AvgIpc) is 2.33. The summed E-state index contributed by atoms with van der Waals surface area (Å²) in [6, 6.07) is 1.46. The van der Waals surface area contributed by atoms with E-state index in [0.29, 0.717) is 12.0 Å². The number of nitrogens with one attached hydrogen (secondary N) is 1. The Kier molecular flexibility index (Phi) is 6.42. The molecule has 6 heteroatoms. The lowest BCUT2D eigenvalue weighted by atomic mass is 10.0. The van der Waals surface area contributed by atoms with E-state index in [-0.39, 0.29) is 18.9 Å². The molecule has 0 aliphatic carbocycles. The predicted molar refractivity (Wildman–Crippen MR) is 71.2 cm³/mol. The zero-order chi connectivity index (χ0) is 15.2. The molecule has 0 bridgehead atoms. The van der Waals surface area contributed by atoms with Crippen LogP contribution in [-0.2, 0) is 6.42 Å². The predicted octanol–water partition coefficient (Wildman–Crippen LogP) is 2.55. The Labute approximate surface area is 117 Å². The van der Waals surface area contributed by atoms with Gasteiger partial charge in [-0.3, -0.25) is 4.98 Å². The van der Waals surface area contributed by atoms with E-state index in [4.69, 9.17) is 0 Å². The van der Waals surface area contributed by atoms with E-state index >= 15 is 0 Å². The molecule has 0 radical (unpaired) electrons. The molecular formula is C14H21F3N2O. The van der Waals surface area contributed by atoms with E-state index in [9.17, 15) is 18.3 Å². The van der Waals surface area contributed by atoms with Crippen LogP contribution < -0.4 is 5.32 Å². The van der Waals surface area contributed by atoms with E-state index in [1.165, 1.54) is 12.4 Å². The average molecular weight is 290 g/mol. The van der Waals surface area contributed by atoms with Gasteiger partial charge in [0.05, 0.1) is 6.10 Å². The molecular weight excluding hydrogens is 269 g/mol. The van der Waals surface area contributed by atoms with Gasteiger partial charge >= 0.3 is 6.18 Å². The molecule has 0 saturated heterocycles. The summed E-state index contributed by atoms with van der Waals surface area (Å²) in [6.07, 6.45) is -1.86. The van der Waals surface area contributed by atoms with Crippen molar-refractivity contribution in [2.75, 3.05) is 6.54 Å². The molecule has 0 fully saturated rings. The second-order valence-corrected chi connectivity index (χ2v) is 5.35. The number of aromatic nitrogens is 1. The molecule has 20 heavy (non-hydrogen) atoms. The number of alkyl halides is 3. The third-order valence-electron chi connectivity index (χ3n) is 2.93. The molecule has 0 aliphatic rings. The number of rotatable bonds is 7. The van der Waals surface area contributed by atoms with Crippen LogP contribution in [0.15, 0.2) is 24.5 Å². The first-order valence-electron chi connectivity index (χ1n) is 6.66. The molecule has 114 valence electrons. The van der Waals surface area contributed by atoms with Crippen molar-refractivity contribution in [3.8, 4) is 0 Å². The van der Waals surface area contributed by atoms with E-state index in [1.54, 1.807) is 12.1 Å². The second-order valence-electron chi connectivity index (χ2n) is 5.35. The Morgan fingerprint density at radius 1 is 1.25 bits per heavy atom. The third kappa shape index (κ3) is 6.34. The summed E-state index contributed by atoms with van der Waals surface area (Å²) >= 11 is 0. The maximum absolute atomic E-state index is 13.0. The molecule has 0 amide bonds. The highest BCUT2D eigenvalue weighted by molar-refractivity contribution is 5.12. The van der Waals surface area contributed by atoms with E-state index in [0.717, 1.165) is 0 Å². The first kappa shape index (κ1) is 16.9. The molecule has 1 heterocycles. The van der Waals surface area contributed by atoms with E-state index in [1.807, 2.05) is 13.8 Å². The first-order valence-corrected chi connectivity index (χ1v) is 6.66. The van der Waals surface area contributed by atoms with Gasteiger partial charge in [0.25, 0.3) is 0 Å². The fourth-order valence-electron chi connectivity index (χ4n) is 1.96. The van der Waals surface area contributed by atoms with Crippen molar-refractivity contribution in [2.45, 2.75) is 45.0 Å². The number of aliphatic hydroxyl groups excluding tert-OH is 1. The molecule has 1 rings (SSSR count). The standard InChI is InChI=1S/C14H21F3N2O/c1-10(2)7-12(20)9-19-13(14(15,16)17)8-11-3-5-18-6-4-11/h3-6,10,12-13,19-20H,7-9H2,1-2H3. The van der Waals surface area contributed by atoms with E-state index in [2.05, 4.69) is 10.3 Å². The number of hydrogen-bond donors (Lipinski definition) is 2. The number of hydrogen-bond acceptors (Lipinski definition) is 3. The Bertz CT molecular complexity index is 382. The molecule has 1 aromatic heterocycles. The summed E-state index contributed by atoms with van der Waals surface area (Å²) in [5.74, 6) is 0.247. The minimum Gasteiger partial charge on any atom is -0.392 e. The summed E-state index contributed by atoms with van der Waals surface area (Å²) < 4.78 is 38.9. The minimum absolute atomic E-state index is 0.0621. The summed E-state index contributed by atoms with van der Waals surface area (Å²) in [6.45, 7) is 3.77. The van der Waals surface area contributed by atoms with Crippen molar-refractivity contribution in [2.24, 2.45) is 5.92 Å². The fourth-order valence-corrected chi connectivity index (χ4v) is 1.96. The third-order valence-corrected chi connectivity index (χ3v) is 2.93. The van der Waals surface area contributed by atoms with Crippen LogP contribution in [-0.4, -0.2) is 35.0 Å². The molecule has 0 saturated carbocycles. The van der Waals surface area contributed by atoms with Gasteiger partial charge in [-0.25, -0.2) is 0 Å². The largest absolute Gasteiger partial charge is 0.404 e. The Balaban J connectivity index is 2.58. The smallest absolute Gasteiger partial charge is 0.392 e. The SMILES string of the molecule is CC(C)CC(O)CNC(Cc1ccncc1)C(F)(F)F. The molecule has 0 aliphatic heterocycles. The molecule has 2 atom stereocenters. The normalized spacial score (nSPS) is 15.3.